The van der Waals surface area contributed by atoms with Crippen LogP contribution in [0.5, 0.6) is 0 Å². The Hall–Kier alpha value is -2.93. The largest absolute Gasteiger partial charge is 0.368 e. The van der Waals surface area contributed by atoms with Gasteiger partial charge in [0.15, 0.2) is 0 Å². The van der Waals surface area contributed by atoms with E-state index < -0.39 is 0 Å². The molecule has 2 aromatic rings. The van der Waals surface area contributed by atoms with Gasteiger partial charge in [0.1, 0.15) is 0 Å². The molecule has 2 N–H and O–H groups in total. The highest BCUT2D eigenvalue weighted by molar-refractivity contribution is 6.05. The van der Waals surface area contributed by atoms with Crippen molar-refractivity contribution >= 4 is 28.9 Å². The SMILES string of the molecule is CCN1CCN(c2cncc(C(=O)Nc3cccc(NC(C)=O)c3)c2)CC1. The number of likely N-dealkylation sites (N-methyl/N-ethyl adjacent to an activating group) is 1. The van der Waals surface area contributed by atoms with Crippen LogP contribution in [-0.2, 0) is 4.79 Å². The molecule has 3 rings (SSSR count). The predicted octanol–water partition coefficient (Wildman–Crippen LogP) is 2.43. The molecule has 2 amide bonds. The van der Waals surface area contributed by atoms with E-state index in [1.165, 1.54) is 6.92 Å². The van der Waals surface area contributed by atoms with E-state index in [1.807, 2.05) is 6.07 Å². The Morgan fingerprint density at radius 2 is 1.74 bits per heavy atom. The van der Waals surface area contributed by atoms with Crippen molar-refractivity contribution in [3.63, 3.8) is 0 Å². The molecule has 7 nitrogen and oxygen atoms in total. The van der Waals surface area contributed by atoms with Gasteiger partial charge in [-0.05, 0) is 30.8 Å². The van der Waals surface area contributed by atoms with Gasteiger partial charge in [0.05, 0.1) is 17.4 Å². The van der Waals surface area contributed by atoms with Gasteiger partial charge in [-0.25, -0.2) is 0 Å². The van der Waals surface area contributed by atoms with Crippen LogP contribution in [-0.4, -0.2) is 54.4 Å². The van der Waals surface area contributed by atoms with Crippen LogP contribution in [0.25, 0.3) is 0 Å². The molecule has 0 atom stereocenters. The third kappa shape index (κ3) is 5.04. The molecular formula is C20H25N5O2. The summed E-state index contributed by atoms with van der Waals surface area (Å²) in [5.41, 5.74) is 2.73. The van der Waals surface area contributed by atoms with E-state index in [1.54, 1.807) is 36.7 Å². The topological polar surface area (TPSA) is 77.6 Å². The molecule has 0 aliphatic carbocycles. The zero-order valence-electron chi connectivity index (χ0n) is 15.7. The van der Waals surface area contributed by atoms with Crippen LogP contribution < -0.4 is 15.5 Å². The van der Waals surface area contributed by atoms with Crippen molar-refractivity contribution in [1.29, 1.82) is 0 Å². The van der Waals surface area contributed by atoms with E-state index in [0.717, 1.165) is 38.4 Å². The Bertz CT molecular complexity index is 816. The third-order valence-corrected chi connectivity index (χ3v) is 4.61. The number of carbonyl (C=O) groups excluding carboxylic acids is 2. The van der Waals surface area contributed by atoms with Crippen molar-refractivity contribution in [2.75, 3.05) is 48.3 Å². The minimum Gasteiger partial charge on any atom is -0.368 e. The third-order valence-electron chi connectivity index (χ3n) is 4.61. The van der Waals surface area contributed by atoms with Crippen molar-refractivity contribution in [2.45, 2.75) is 13.8 Å². The molecule has 27 heavy (non-hydrogen) atoms. The molecule has 1 aliphatic heterocycles. The van der Waals surface area contributed by atoms with E-state index >= 15 is 0 Å². The maximum atomic E-state index is 12.6. The second kappa shape index (κ2) is 8.64. The zero-order valence-corrected chi connectivity index (χ0v) is 15.7. The fourth-order valence-electron chi connectivity index (χ4n) is 3.13. The molecule has 0 radical (unpaired) electrons. The number of carbonyl (C=O) groups is 2. The van der Waals surface area contributed by atoms with E-state index in [-0.39, 0.29) is 11.8 Å². The van der Waals surface area contributed by atoms with E-state index in [4.69, 9.17) is 0 Å². The van der Waals surface area contributed by atoms with E-state index in [9.17, 15) is 9.59 Å². The molecule has 1 saturated heterocycles. The van der Waals surface area contributed by atoms with Crippen LogP contribution in [0.3, 0.4) is 0 Å². The van der Waals surface area contributed by atoms with Gasteiger partial charge in [-0.2, -0.15) is 0 Å². The molecule has 0 spiro atoms. The number of pyridine rings is 1. The fraction of sp³-hybridized carbons (Fsp3) is 0.350. The number of hydrogen-bond acceptors (Lipinski definition) is 5. The van der Waals surface area contributed by atoms with Crippen molar-refractivity contribution in [1.82, 2.24) is 9.88 Å². The molecule has 1 aliphatic rings. The summed E-state index contributed by atoms with van der Waals surface area (Å²) in [6, 6.07) is 8.94. The van der Waals surface area contributed by atoms with Gasteiger partial charge in [0.2, 0.25) is 5.91 Å². The van der Waals surface area contributed by atoms with Gasteiger partial charge >= 0.3 is 0 Å². The number of nitrogens with one attached hydrogen (secondary N) is 2. The summed E-state index contributed by atoms with van der Waals surface area (Å²) >= 11 is 0. The Labute approximate surface area is 159 Å². The summed E-state index contributed by atoms with van der Waals surface area (Å²) in [5.74, 6) is -0.380. The van der Waals surface area contributed by atoms with Crippen molar-refractivity contribution in [2.24, 2.45) is 0 Å². The van der Waals surface area contributed by atoms with Crippen molar-refractivity contribution in [3.8, 4) is 0 Å². The fourth-order valence-corrected chi connectivity index (χ4v) is 3.13. The first kappa shape index (κ1) is 18.8. The average Bonchev–Trinajstić information content (AvgIpc) is 2.68. The van der Waals surface area contributed by atoms with Crippen LogP contribution in [0.2, 0.25) is 0 Å². The van der Waals surface area contributed by atoms with Gasteiger partial charge in [0, 0.05) is 50.7 Å². The van der Waals surface area contributed by atoms with E-state index in [2.05, 4.69) is 32.3 Å². The molecule has 1 fully saturated rings. The standard InChI is InChI=1S/C20H25N5O2/c1-3-24-7-9-25(10-8-24)19-11-16(13-21-14-19)20(27)23-18-6-4-5-17(12-18)22-15(2)26/h4-6,11-14H,3,7-10H2,1-2H3,(H,22,26)(H,23,27). The minimum atomic E-state index is -0.225. The normalized spacial score (nSPS) is 14.7. The molecule has 2 heterocycles. The van der Waals surface area contributed by atoms with E-state index in [0.29, 0.717) is 16.9 Å². The highest BCUT2D eigenvalue weighted by Crippen LogP contribution is 2.19. The Balaban J connectivity index is 1.68. The summed E-state index contributed by atoms with van der Waals surface area (Å²) in [4.78, 5) is 32.7. The summed E-state index contributed by atoms with van der Waals surface area (Å²) in [6.45, 7) is 8.57. The molecule has 1 aromatic heterocycles. The molecule has 7 heteroatoms. The van der Waals surface area contributed by atoms with Crippen LogP contribution in [0.1, 0.15) is 24.2 Å². The van der Waals surface area contributed by atoms with Crippen LogP contribution >= 0.6 is 0 Å². The number of amides is 2. The quantitative estimate of drug-likeness (QED) is 0.849. The maximum Gasteiger partial charge on any atom is 0.257 e. The van der Waals surface area contributed by atoms with Crippen molar-refractivity contribution < 1.29 is 9.59 Å². The summed E-state index contributed by atoms with van der Waals surface area (Å²) in [7, 11) is 0. The first-order valence-electron chi connectivity index (χ1n) is 9.16. The predicted molar refractivity (Wildman–Crippen MR) is 107 cm³/mol. The number of piperazine rings is 1. The molecular weight excluding hydrogens is 342 g/mol. The van der Waals surface area contributed by atoms with Crippen molar-refractivity contribution in [3.05, 3.63) is 48.3 Å². The zero-order chi connectivity index (χ0) is 19.2. The lowest BCUT2D eigenvalue weighted by Crippen LogP contribution is -2.46. The average molecular weight is 367 g/mol. The lowest BCUT2D eigenvalue weighted by molar-refractivity contribution is -0.114. The second-order valence-electron chi connectivity index (χ2n) is 6.57. The lowest BCUT2D eigenvalue weighted by atomic mass is 10.2. The molecule has 0 bridgehead atoms. The van der Waals surface area contributed by atoms with Gasteiger partial charge < -0.3 is 20.4 Å². The smallest absolute Gasteiger partial charge is 0.257 e. The monoisotopic (exact) mass is 367 g/mol. The highest BCUT2D eigenvalue weighted by atomic mass is 16.2. The Morgan fingerprint density at radius 3 is 2.41 bits per heavy atom. The molecule has 0 saturated carbocycles. The van der Waals surface area contributed by atoms with Crippen LogP contribution in [0.15, 0.2) is 42.7 Å². The number of aromatic nitrogens is 1. The van der Waals surface area contributed by atoms with Gasteiger partial charge in [-0.1, -0.05) is 13.0 Å². The second-order valence-corrected chi connectivity index (χ2v) is 6.57. The minimum absolute atomic E-state index is 0.154. The number of rotatable bonds is 5. The number of anilines is 3. The van der Waals surface area contributed by atoms with Gasteiger partial charge in [0.25, 0.3) is 5.91 Å². The maximum absolute atomic E-state index is 12.6. The lowest BCUT2D eigenvalue weighted by Gasteiger charge is -2.35. The Morgan fingerprint density at radius 1 is 1.04 bits per heavy atom. The first-order valence-corrected chi connectivity index (χ1v) is 9.16. The Kier molecular flexibility index (Phi) is 6.03. The van der Waals surface area contributed by atoms with Gasteiger partial charge in [-0.3, -0.25) is 14.6 Å². The highest BCUT2D eigenvalue weighted by Gasteiger charge is 2.17. The molecule has 142 valence electrons. The summed E-state index contributed by atoms with van der Waals surface area (Å²) in [6.07, 6.45) is 3.37. The molecule has 0 unspecified atom stereocenters. The molecule has 1 aromatic carbocycles. The number of nitrogens with zero attached hydrogens (tertiary/aromatic N) is 3. The first-order chi connectivity index (χ1) is 13.0. The van der Waals surface area contributed by atoms with Gasteiger partial charge in [-0.15, -0.1) is 0 Å². The summed E-state index contributed by atoms with van der Waals surface area (Å²) < 4.78 is 0. The van der Waals surface area contributed by atoms with Crippen LogP contribution in [0, 0.1) is 0 Å². The number of hydrogen-bond donors (Lipinski definition) is 2. The van der Waals surface area contributed by atoms with Crippen LogP contribution in [0.4, 0.5) is 17.1 Å². The summed E-state index contributed by atoms with van der Waals surface area (Å²) in [5, 5.41) is 5.57. The number of benzene rings is 1.